The predicted molar refractivity (Wildman–Crippen MR) is 103 cm³/mol. The normalized spacial score (nSPS) is 19.6. The van der Waals surface area contributed by atoms with Gasteiger partial charge in [-0.1, -0.05) is 36.4 Å². The number of phenolic OH excluding ortho intramolecular Hbond substituents is 1. The largest absolute Gasteiger partial charge is 0.508 e. The van der Waals surface area contributed by atoms with Gasteiger partial charge in [0, 0.05) is 24.1 Å². The van der Waals surface area contributed by atoms with Crippen LogP contribution in [0.25, 0.3) is 0 Å². The standard InChI is InChI=1S/C21H15N3O4/c1-24-19-16(20(27)23-21(24)28)14(10-6-8-11(25)9-7-10)15-17(22-19)12-4-2-3-5-13(12)18(15)26/h2-9,14-15,25H,1H3,(H,23,27,28)/t14-,15-/m0/s1. The van der Waals surface area contributed by atoms with Crippen LogP contribution in [-0.2, 0) is 7.05 Å². The number of Topliss-reactive ketones (excluding diaryl/α,β-unsaturated/α-hetero) is 1. The molecule has 2 N–H and O–H groups in total. The monoisotopic (exact) mass is 373 g/mol. The molecule has 138 valence electrons. The lowest BCUT2D eigenvalue weighted by molar-refractivity contribution is 0.0953. The predicted octanol–water partition coefficient (Wildman–Crippen LogP) is 1.86. The number of aromatic amines is 1. The van der Waals surface area contributed by atoms with E-state index >= 15 is 0 Å². The van der Waals surface area contributed by atoms with E-state index in [1.54, 1.807) is 24.3 Å². The highest BCUT2D eigenvalue weighted by atomic mass is 16.3. The molecule has 0 spiro atoms. The minimum Gasteiger partial charge on any atom is -0.508 e. The second-order valence-electron chi connectivity index (χ2n) is 7.01. The van der Waals surface area contributed by atoms with Crippen molar-refractivity contribution in [3.05, 3.63) is 91.6 Å². The highest BCUT2D eigenvalue weighted by molar-refractivity contribution is 6.30. The van der Waals surface area contributed by atoms with Crippen LogP contribution in [0.2, 0.25) is 0 Å². The fraction of sp³-hybridized carbons (Fsp3) is 0.143. The van der Waals surface area contributed by atoms with Gasteiger partial charge in [0.15, 0.2) is 5.78 Å². The van der Waals surface area contributed by atoms with Crippen LogP contribution in [-0.4, -0.2) is 26.2 Å². The molecule has 0 fully saturated rings. The Morgan fingerprint density at radius 2 is 1.64 bits per heavy atom. The van der Waals surface area contributed by atoms with E-state index in [-0.39, 0.29) is 22.9 Å². The van der Waals surface area contributed by atoms with E-state index in [9.17, 15) is 19.5 Å². The van der Waals surface area contributed by atoms with Crippen LogP contribution in [0, 0.1) is 5.92 Å². The first kappa shape index (κ1) is 16.4. The van der Waals surface area contributed by atoms with Gasteiger partial charge in [0.1, 0.15) is 11.6 Å². The summed E-state index contributed by atoms with van der Waals surface area (Å²) in [5.41, 5.74) is 1.71. The van der Waals surface area contributed by atoms with Crippen molar-refractivity contribution in [2.45, 2.75) is 5.92 Å². The number of nitrogens with zero attached hydrogens (tertiary/aromatic N) is 2. The molecule has 3 aromatic rings. The number of benzene rings is 2. The van der Waals surface area contributed by atoms with Gasteiger partial charge < -0.3 is 5.11 Å². The van der Waals surface area contributed by atoms with Gasteiger partial charge in [0.2, 0.25) is 0 Å². The Morgan fingerprint density at radius 3 is 2.36 bits per heavy atom. The minimum atomic E-state index is -0.659. The van der Waals surface area contributed by atoms with Crippen LogP contribution < -0.4 is 11.2 Å². The Kier molecular flexibility index (Phi) is 3.30. The molecule has 1 aromatic heterocycles. The number of rotatable bonds is 1. The summed E-state index contributed by atoms with van der Waals surface area (Å²) in [6, 6.07) is 13.6. The van der Waals surface area contributed by atoms with E-state index in [0.717, 1.165) is 5.56 Å². The quantitative estimate of drug-likeness (QED) is 0.679. The average Bonchev–Trinajstić information content (AvgIpc) is 2.98. The van der Waals surface area contributed by atoms with E-state index in [2.05, 4.69) is 9.98 Å². The Bertz CT molecular complexity index is 1300. The van der Waals surface area contributed by atoms with Crippen molar-refractivity contribution in [1.29, 1.82) is 0 Å². The molecule has 2 heterocycles. The van der Waals surface area contributed by atoms with Crippen molar-refractivity contribution in [2.24, 2.45) is 18.0 Å². The molecular formula is C21H15N3O4. The Balaban J connectivity index is 1.88. The Morgan fingerprint density at radius 1 is 0.964 bits per heavy atom. The molecule has 2 atom stereocenters. The van der Waals surface area contributed by atoms with Crippen molar-refractivity contribution >= 4 is 17.3 Å². The van der Waals surface area contributed by atoms with Crippen molar-refractivity contribution < 1.29 is 9.90 Å². The highest BCUT2D eigenvalue weighted by Crippen LogP contribution is 2.46. The van der Waals surface area contributed by atoms with Gasteiger partial charge in [0.25, 0.3) is 5.56 Å². The second-order valence-corrected chi connectivity index (χ2v) is 7.01. The molecule has 7 heteroatoms. The number of H-pyrrole nitrogens is 1. The second kappa shape index (κ2) is 5.63. The average molecular weight is 373 g/mol. The number of carbonyl (C=O) groups is 1. The number of fused-ring (bicyclic) bond motifs is 4. The molecule has 1 aliphatic heterocycles. The van der Waals surface area contributed by atoms with E-state index < -0.39 is 23.1 Å². The van der Waals surface area contributed by atoms with Gasteiger partial charge in [-0.05, 0) is 17.7 Å². The number of nitrogens with one attached hydrogen (secondary N) is 1. The summed E-state index contributed by atoms with van der Waals surface area (Å²) in [5, 5.41) is 9.66. The summed E-state index contributed by atoms with van der Waals surface area (Å²) in [6.07, 6.45) is 0. The molecule has 2 aliphatic rings. The molecule has 28 heavy (non-hydrogen) atoms. The number of carbonyl (C=O) groups excluding carboxylic acids is 1. The van der Waals surface area contributed by atoms with Crippen molar-refractivity contribution in [2.75, 3.05) is 0 Å². The molecule has 0 unspecified atom stereocenters. The van der Waals surface area contributed by atoms with Crippen LogP contribution >= 0.6 is 0 Å². The first-order valence-corrected chi connectivity index (χ1v) is 8.81. The van der Waals surface area contributed by atoms with Gasteiger partial charge in [0.05, 0.1) is 17.2 Å². The van der Waals surface area contributed by atoms with Gasteiger partial charge in [-0.25, -0.2) is 9.79 Å². The van der Waals surface area contributed by atoms with Gasteiger partial charge in [-0.15, -0.1) is 0 Å². The molecule has 0 radical (unpaired) electrons. The lowest BCUT2D eigenvalue weighted by atomic mass is 9.76. The highest BCUT2D eigenvalue weighted by Gasteiger charge is 2.47. The third-order valence-corrected chi connectivity index (χ3v) is 5.50. The summed E-state index contributed by atoms with van der Waals surface area (Å²) in [6.45, 7) is 0. The molecule has 7 nitrogen and oxygen atoms in total. The summed E-state index contributed by atoms with van der Waals surface area (Å²) in [5.74, 6) is -1.04. The first-order chi connectivity index (χ1) is 13.5. The number of hydrogen-bond donors (Lipinski definition) is 2. The Labute approximate surface area is 158 Å². The van der Waals surface area contributed by atoms with Crippen molar-refractivity contribution in [3.8, 4) is 5.75 Å². The van der Waals surface area contributed by atoms with Crippen LogP contribution in [0.4, 0.5) is 5.82 Å². The van der Waals surface area contributed by atoms with Crippen molar-refractivity contribution in [3.63, 3.8) is 0 Å². The SMILES string of the molecule is Cn1c2c(c(=O)[nH]c1=O)[C@@H](c1ccc(O)cc1)[C@@H]1C(=O)c3ccccc3C1=N2. The van der Waals surface area contributed by atoms with Crippen LogP contribution in [0.1, 0.15) is 33.0 Å². The van der Waals surface area contributed by atoms with Crippen LogP contribution in [0.3, 0.4) is 0 Å². The van der Waals surface area contributed by atoms with E-state index in [0.29, 0.717) is 16.8 Å². The summed E-state index contributed by atoms with van der Waals surface area (Å²) < 4.78 is 1.29. The van der Waals surface area contributed by atoms with E-state index in [1.165, 1.54) is 23.7 Å². The molecule has 0 amide bonds. The summed E-state index contributed by atoms with van der Waals surface area (Å²) in [7, 11) is 1.54. The third kappa shape index (κ3) is 2.10. The lowest BCUT2D eigenvalue weighted by Gasteiger charge is -2.29. The number of aliphatic imine (C=N–C) groups is 1. The lowest BCUT2D eigenvalue weighted by Crippen LogP contribution is -2.38. The third-order valence-electron chi connectivity index (χ3n) is 5.50. The number of ketones is 1. The van der Waals surface area contributed by atoms with Crippen LogP contribution in [0.5, 0.6) is 5.75 Å². The number of aromatic nitrogens is 2. The zero-order chi connectivity index (χ0) is 19.6. The number of hydrogen-bond acceptors (Lipinski definition) is 5. The topological polar surface area (TPSA) is 105 Å². The Hall–Kier alpha value is -3.74. The molecular weight excluding hydrogens is 358 g/mol. The number of phenols is 1. The smallest absolute Gasteiger partial charge is 0.329 e. The maximum atomic E-state index is 13.2. The van der Waals surface area contributed by atoms with Gasteiger partial charge in [-0.3, -0.25) is 19.1 Å². The zero-order valence-electron chi connectivity index (χ0n) is 14.8. The summed E-state index contributed by atoms with van der Waals surface area (Å²) in [4.78, 5) is 45.1. The van der Waals surface area contributed by atoms with Crippen LogP contribution in [0.15, 0.2) is 63.1 Å². The molecule has 5 rings (SSSR count). The van der Waals surface area contributed by atoms with Gasteiger partial charge in [-0.2, -0.15) is 0 Å². The maximum Gasteiger partial charge on any atom is 0.329 e. The fourth-order valence-corrected chi connectivity index (χ4v) is 4.18. The maximum absolute atomic E-state index is 13.2. The fourth-order valence-electron chi connectivity index (χ4n) is 4.18. The molecule has 0 saturated heterocycles. The number of aromatic hydroxyl groups is 1. The molecule has 2 aromatic carbocycles. The minimum absolute atomic E-state index is 0.0871. The van der Waals surface area contributed by atoms with E-state index in [4.69, 9.17) is 0 Å². The van der Waals surface area contributed by atoms with Crippen molar-refractivity contribution in [1.82, 2.24) is 9.55 Å². The molecule has 0 saturated carbocycles. The van der Waals surface area contributed by atoms with E-state index in [1.807, 2.05) is 12.1 Å². The zero-order valence-corrected chi connectivity index (χ0v) is 14.8. The first-order valence-electron chi connectivity index (χ1n) is 8.81. The molecule has 0 bridgehead atoms. The van der Waals surface area contributed by atoms with Gasteiger partial charge >= 0.3 is 5.69 Å². The molecule has 1 aliphatic carbocycles. The summed E-state index contributed by atoms with van der Waals surface area (Å²) >= 11 is 0.